The molecule has 22 heavy (non-hydrogen) atoms. The van der Waals surface area contributed by atoms with Gasteiger partial charge in [-0.05, 0) is 41.9 Å². The molecule has 0 unspecified atom stereocenters. The molecule has 5 nitrogen and oxygen atoms in total. The van der Waals surface area contributed by atoms with Crippen molar-refractivity contribution in [2.75, 3.05) is 5.32 Å². The van der Waals surface area contributed by atoms with Crippen molar-refractivity contribution < 1.29 is 4.79 Å². The molecule has 3 rings (SSSR count). The lowest BCUT2D eigenvalue weighted by Crippen LogP contribution is -2.25. The number of rotatable bonds is 3. The molecule has 0 aliphatic rings. The molecular formula is C14H12BrClN4OS. The van der Waals surface area contributed by atoms with Gasteiger partial charge in [-0.1, -0.05) is 29.0 Å². The molecule has 0 bridgehead atoms. The van der Waals surface area contributed by atoms with Gasteiger partial charge in [-0.25, -0.2) is 4.98 Å². The third kappa shape index (κ3) is 2.76. The second-order valence-electron chi connectivity index (χ2n) is 4.79. The average Bonchev–Trinajstić information content (AvgIpc) is 3.04. The Morgan fingerprint density at radius 3 is 2.91 bits per heavy atom. The number of thiazole rings is 1. The molecule has 1 N–H and O–H groups in total. The van der Waals surface area contributed by atoms with Gasteiger partial charge in [0.25, 0.3) is 5.91 Å². The van der Waals surface area contributed by atoms with Gasteiger partial charge in [-0.15, -0.1) is 0 Å². The lowest BCUT2D eigenvalue weighted by molar-refractivity contribution is -0.119. The molecule has 0 spiro atoms. The quantitative estimate of drug-likeness (QED) is 0.709. The number of hydrogen-bond acceptors (Lipinski definition) is 4. The van der Waals surface area contributed by atoms with Gasteiger partial charge in [0.05, 0.1) is 26.1 Å². The van der Waals surface area contributed by atoms with E-state index >= 15 is 0 Å². The van der Waals surface area contributed by atoms with Gasteiger partial charge >= 0.3 is 0 Å². The van der Waals surface area contributed by atoms with Crippen molar-refractivity contribution in [3.63, 3.8) is 0 Å². The fraction of sp³-hybridized carbons (Fsp3) is 0.214. The SMILES string of the molecule is Cc1c(Br)cnn1[C@H](C)C(=O)Nc1nc2c(Cl)cccc2s1. The fourth-order valence-electron chi connectivity index (χ4n) is 2.08. The fourth-order valence-corrected chi connectivity index (χ4v) is 3.52. The Labute approximate surface area is 144 Å². The highest BCUT2D eigenvalue weighted by Gasteiger charge is 2.20. The van der Waals surface area contributed by atoms with Crippen molar-refractivity contribution in [3.8, 4) is 0 Å². The van der Waals surface area contributed by atoms with Crippen LogP contribution in [-0.4, -0.2) is 20.7 Å². The first-order chi connectivity index (χ1) is 10.5. The maximum Gasteiger partial charge on any atom is 0.250 e. The average molecular weight is 400 g/mol. The van der Waals surface area contributed by atoms with Gasteiger partial charge in [0, 0.05) is 0 Å². The Balaban J connectivity index is 1.83. The molecule has 2 heterocycles. The Kier molecular flexibility index (Phi) is 4.20. The summed E-state index contributed by atoms with van der Waals surface area (Å²) >= 11 is 10.9. The van der Waals surface area contributed by atoms with Crippen LogP contribution in [0.2, 0.25) is 5.02 Å². The van der Waals surface area contributed by atoms with Crippen LogP contribution in [0.25, 0.3) is 10.2 Å². The van der Waals surface area contributed by atoms with Crippen molar-refractivity contribution >= 4 is 60.1 Å². The summed E-state index contributed by atoms with van der Waals surface area (Å²) in [5, 5.41) is 8.14. The van der Waals surface area contributed by atoms with Crippen molar-refractivity contribution in [1.29, 1.82) is 0 Å². The van der Waals surface area contributed by atoms with Gasteiger partial charge in [0.15, 0.2) is 5.13 Å². The molecule has 2 aromatic heterocycles. The largest absolute Gasteiger partial charge is 0.300 e. The minimum atomic E-state index is -0.436. The van der Waals surface area contributed by atoms with Crippen molar-refractivity contribution in [1.82, 2.24) is 14.8 Å². The molecule has 0 radical (unpaired) electrons. The monoisotopic (exact) mass is 398 g/mol. The highest BCUT2D eigenvalue weighted by atomic mass is 79.9. The minimum absolute atomic E-state index is 0.172. The van der Waals surface area contributed by atoms with Crippen molar-refractivity contribution in [2.45, 2.75) is 19.9 Å². The third-order valence-electron chi connectivity index (χ3n) is 3.33. The second-order valence-corrected chi connectivity index (χ2v) is 7.09. The van der Waals surface area contributed by atoms with Crippen LogP contribution >= 0.6 is 38.9 Å². The van der Waals surface area contributed by atoms with E-state index in [-0.39, 0.29) is 5.91 Å². The number of carbonyl (C=O) groups excluding carboxylic acids is 1. The number of para-hydroxylation sites is 1. The van der Waals surface area contributed by atoms with E-state index in [0.717, 1.165) is 14.9 Å². The van der Waals surface area contributed by atoms with E-state index in [2.05, 4.69) is 31.3 Å². The van der Waals surface area contributed by atoms with Gasteiger partial charge in [0.2, 0.25) is 0 Å². The first-order valence-corrected chi connectivity index (χ1v) is 8.51. The summed E-state index contributed by atoms with van der Waals surface area (Å²) in [7, 11) is 0. The summed E-state index contributed by atoms with van der Waals surface area (Å²) in [4.78, 5) is 16.8. The van der Waals surface area contributed by atoms with E-state index in [9.17, 15) is 4.79 Å². The van der Waals surface area contributed by atoms with Crippen LogP contribution < -0.4 is 5.32 Å². The minimum Gasteiger partial charge on any atom is -0.300 e. The van der Waals surface area contributed by atoms with Gasteiger partial charge in [0.1, 0.15) is 11.6 Å². The molecule has 0 aliphatic heterocycles. The van der Waals surface area contributed by atoms with Crippen molar-refractivity contribution in [2.24, 2.45) is 0 Å². The van der Waals surface area contributed by atoms with E-state index in [0.29, 0.717) is 15.7 Å². The van der Waals surface area contributed by atoms with Crippen LogP contribution in [0.15, 0.2) is 28.9 Å². The summed E-state index contributed by atoms with van der Waals surface area (Å²) in [6.45, 7) is 3.69. The number of nitrogens with one attached hydrogen (secondary N) is 1. The molecule has 0 aliphatic carbocycles. The van der Waals surface area contributed by atoms with Gasteiger partial charge in [-0.3, -0.25) is 9.48 Å². The molecule has 3 aromatic rings. The van der Waals surface area contributed by atoms with E-state index in [4.69, 9.17) is 11.6 Å². The highest BCUT2D eigenvalue weighted by Crippen LogP contribution is 2.31. The zero-order chi connectivity index (χ0) is 15.9. The molecular weight excluding hydrogens is 388 g/mol. The number of amides is 1. The molecule has 1 atom stereocenters. The Bertz CT molecular complexity index is 860. The van der Waals surface area contributed by atoms with Crippen LogP contribution in [0.3, 0.4) is 0 Å². The van der Waals surface area contributed by atoms with E-state index in [1.165, 1.54) is 11.3 Å². The Morgan fingerprint density at radius 2 is 2.27 bits per heavy atom. The number of nitrogens with zero attached hydrogens (tertiary/aromatic N) is 3. The van der Waals surface area contributed by atoms with E-state index in [1.807, 2.05) is 19.1 Å². The van der Waals surface area contributed by atoms with Crippen LogP contribution in [-0.2, 0) is 4.79 Å². The smallest absolute Gasteiger partial charge is 0.250 e. The van der Waals surface area contributed by atoms with E-state index in [1.54, 1.807) is 23.9 Å². The third-order valence-corrected chi connectivity index (χ3v) is 5.35. The summed E-state index contributed by atoms with van der Waals surface area (Å²) in [5.74, 6) is -0.172. The molecule has 0 saturated carbocycles. The normalized spacial score (nSPS) is 12.5. The summed E-state index contributed by atoms with van der Waals surface area (Å²) in [6, 6.07) is 5.13. The molecule has 8 heteroatoms. The van der Waals surface area contributed by atoms with Crippen molar-refractivity contribution in [3.05, 3.63) is 39.6 Å². The first kappa shape index (κ1) is 15.5. The van der Waals surface area contributed by atoms with Gasteiger partial charge in [-0.2, -0.15) is 5.10 Å². The zero-order valence-corrected chi connectivity index (χ0v) is 15.0. The Hall–Kier alpha value is -1.44. The number of halogens is 2. The predicted octanol–water partition coefficient (Wildman–Crippen LogP) is 4.42. The Morgan fingerprint density at radius 1 is 1.50 bits per heavy atom. The highest BCUT2D eigenvalue weighted by molar-refractivity contribution is 9.10. The second kappa shape index (κ2) is 5.98. The molecule has 114 valence electrons. The number of carbonyl (C=O) groups is 1. The predicted molar refractivity (Wildman–Crippen MR) is 92.6 cm³/mol. The maximum absolute atomic E-state index is 12.4. The molecule has 0 fully saturated rings. The number of fused-ring (bicyclic) bond motifs is 1. The number of benzene rings is 1. The van der Waals surface area contributed by atoms with Crippen LogP contribution in [0.4, 0.5) is 5.13 Å². The standard InChI is InChI=1S/C14H12BrClN4OS/c1-7-9(15)6-17-20(7)8(2)13(21)19-14-18-12-10(16)4-3-5-11(12)22-14/h3-6,8H,1-2H3,(H,18,19,21)/t8-/m1/s1. The topological polar surface area (TPSA) is 59.8 Å². The zero-order valence-electron chi connectivity index (χ0n) is 11.8. The first-order valence-electron chi connectivity index (χ1n) is 6.53. The number of hydrogen-bond donors (Lipinski definition) is 1. The molecule has 1 aromatic carbocycles. The van der Waals surface area contributed by atoms with Crippen LogP contribution in [0.1, 0.15) is 18.7 Å². The maximum atomic E-state index is 12.4. The molecule has 0 saturated heterocycles. The summed E-state index contributed by atoms with van der Waals surface area (Å²) in [6.07, 6.45) is 1.68. The summed E-state index contributed by atoms with van der Waals surface area (Å²) in [5.41, 5.74) is 1.60. The summed E-state index contributed by atoms with van der Waals surface area (Å²) < 4.78 is 3.48. The van der Waals surface area contributed by atoms with Gasteiger partial charge < -0.3 is 5.32 Å². The lowest BCUT2D eigenvalue weighted by atomic mass is 10.3. The number of aromatic nitrogens is 3. The number of anilines is 1. The van der Waals surface area contributed by atoms with E-state index < -0.39 is 6.04 Å². The lowest BCUT2D eigenvalue weighted by Gasteiger charge is -2.13. The molecule has 1 amide bonds. The van der Waals surface area contributed by atoms with Crippen LogP contribution in [0, 0.1) is 6.92 Å². The van der Waals surface area contributed by atoms with Crippen LogP contribution in [0.5, 0.6) is 0 Å².